The van der Waals surface area contributed by atoms with Gasteiger partial charge < -0.3 is 9.47 Å². The first-order valence-corrected chi connectivity index (χ1v) is 10.4. The Bertz CT molecular complexity index is 1190. The van der Waals surface area contributed by atoms with Gasteiger partial charge in [0.1, 0.15) is 0 Å². The zero-order valence-corrected chi connectivity index (χ0v) is 17.5. The van der Waals surface area contributed by atoms with Gasteiger partial charge in [0.05, 0.1) is 24.6 Å². The van der Waals surface area contributed by atoms with Crippen molar-refractivity contribution < 1.29 is 14.3 Å². The number of methoxy groups -OCH3 is 1. The number of carbonyl (C=O) groups is 1. The molecule has 0 saturated heterocycles. The minimum atomic E-state index is -0.444. The average molecular weight is 430 g/mol. The van der Waals surface area contributed by atoms with Gasteiger partial charge in [-0.05, 0) is 35.9 Å². The number of nitrogens with zero attached hydrogens (tertiary/aromatic N) is 2. The Balaban J connectivity index is 1.41. The largest absolute Gasteiger partial charge is 0.493 e. The molecule has 6 nitrogen and oxygen atoms in total. The van der Waals surface area contributed by atoms with Gasteiger partial charge in [-0.25, -0.2) is 9.78 Å². The summed E-state index contributed by atoms with van der Waals surface area (Å²) >= 11 is 1.48. The van der Waals surface area contributed by atoms with E-state index in [0.29, 0.717) is 22.2 Å². The van der Waals surface area contributed by atoms with Crippen molar-refractivity contribution in [3.8, 4) is 22.8 Å². The highest BCUT2D eigenvalue weighted by Gasteiger charge is 2.12. The summed E-state index contributed by atoms with van der Waals surface area (Å²) < 4.78 is 10.8. The lowest BCUT2D eigenvalue weighted by Gasteiger charge is -2.09. The number of nitrogens with one attached hydrogen (secondary N) is 1. The van der Waals surface area contributed by atoms with E-state index in [1.807, 2.05) is 41.8 Å². The second-order valence-corrected chi connectivity index (χ2v) is 7.30. The summed E-state index contributed by atoms with van der Waals surface area (Å²) in [6.45, 7) is 0. The molecule has 4 aromatic rings. The van der Waals surface area contributed by atoms with Crippen LogP contribution in [0.1, 0.15) is 15.9 Å². The van der Waals surface area contributed by atoms with Crippen LogP contribution in [0, 0.1) is 0 Å². The summed E-state index contributed by atoms with van der Waals surface area (Å²) in [6, 6.07) is 24.0. The second-order valence-electron chi connectivity index (χ2n) is 6.44. The van der Waals surface area contributed by atoms with Crippen molar-refractivity contribution in [2.45, 2.75) is 0 Å². The van der Waals surface area contributed by atoms with Gasteiger partial charge in [0.25, 0.3) is 0 Å². The fraction of sp³-hybridized carbons (Fsp3) is 0.0417. The molecule has 0 saturated carbocycles. The topological polar surface area (TPSA) is 72.8 Å². The predicted octanol–water partition coefficient (Wildman–Crippen LogP) is 5.48. The SMILES string of the molecule is COc1cc(/C=N\Nc2nc(-c3ccccc3)cs2)ccc1OC(=O)c1ccccc1. The van der Waals surface area contributed by atoms with E-state index in [9.17, 15) is 4.79 Å². The molecule has 0 amide bonds. The van der Waals surface area contributed by atoms with E-state index in [0.717, 1.165) is 16.8 Å². The van der Waals surface area contributed by atoms with Crippen molar-refractivity contribution in [2.24, 2.45) is 5.10 Å². The first kappa shape index (κ1) is 20.3. The Kier molecular flexibility index (Phi) is 6.35. The van der Waals surface area contributed by atoms with E-state index in [2.05, 4.69) is 15.5 Å². The molecule has 0 atom stereocenters. The third-order valence-corrected chi connectivity index (χ3v) is 5.09. The number of hydrazone groups is 1. The normalized spacial score (nSPS) is 10.7. The molecule has 31 heavy (non-hydrogen) atoms. The van der Waals surface area contributed by atoms with E-state index in [-0.39, 0.29) is 0 Å². The van der Waals surface area contributed by atoms with Crippen LogP contribution in [-0.4, -0.2) is 24.3 Å². The predicted molar refractivity (Wildman–Crippen MR) is 123 cm³/mol. The van der Waals surface area contributed by atoms with Crippen LogP contribution in [0.15, 0.2) is 89.3 Å². The van der Waals surface area contributed by atoms with Gasteiger partial charge in [0.15, 0.2) is 11.5 Å². The summed E-state index contributed by atoms with van der Waals surface area (Å²) in [5, 5.41) is 6.91. The van der Waals surface area contributed by atoms with Crippen molar-refractivity contribution in [2.75, 3.05) is 12.5 Å². The summed E-state index contributed by atoms with van der Waals surface area (Å²) in [7, 11) is 1.52. The van der Waals surface area contributed by atoms with Crippen LogP contribution in [0.5, 0.6) is 11.5 Å². The van der Waals surface area contributed by atoms with Crippen molar-refractivity contribution in [3.05, 3.63) is 95.4 Å². The fourth-order valence-electron chi connectivity index (χ4n) is 2.81. The van der Waals surface area contributed by atoms with Gasteiger partial charge in [-0.1, -0.05) is 48.5 Å². The minimum Gasteiger partial charge on any atom is -0.493 e. The number of ether oxygens (including phenoxy) is 2. The zero-order valence-electron chi connectivity index (χ0n) is 16.7. The number of anilines is 1. The summed E-state index contributed by atoms with van der Waals surface area (Å²) in [5.74, 6) is 0.336. The molecule has 0 radical (unpaired) electrons. The molecule has 0 fully saturated rings. The first-order valence-electron chi connectivity index (χ1n) is 9.48. The minimum absolute atomic E-state index is 0.342. The standard InChI is InChI=1S/C24H19N3O3S/c1-29-22-14-17(12-13-21(22)30-23(28)19-10-6-3-7-11-19)15-25-27-24-26-20(16-31-24)18-8-4-2-5-9-18/h2-16H,1H3,(H,26,27)/b25-15-. The lowest BCUT2D eigenvalue weighted by atomic mass is 10.2. The fourth-order valence-corrected chi connectivity index (χ4v) is 3.48. The van der Waals surface area contributed by atoms with Crippen LogP contribution in [0.3, 0.4) is 0 Å². The Morgan fingerprint density at radius 3 is 2.48 bits per heavy atom. The number of benzene rings is 3. The van der Waals surface area contributed by atoms with E-state index in [4.69, 9.17) is 9.47 Å². The van der Waals surface area contributed by atoms with Crippen LogP contribution in [-0.2, 0) is 0 Å². The third kappa shape index (κ3) is 5.15. The number of thiazole rings is 1. The molecule has 4 rings (SSSR count). The van der Waals surface area contributed by atoms with Gasteiger partial charge in [-0.2, -0.15) is 5.10 Å². The summed E-state index contributed by atoms with van der Waals surface area (Å²) in [4.78, 5) is 16.8. The van der Waals surface area contributed by atoms with Crippen molar-refractivity contribution in [3.63, 3.8) is 0 Å². The summed E-state index contributed by atoms with van der Waals surface area (Å²) in [5.41, 5.74) is 6.15. The number of esters is 1. The smallest absolute Gasteiger partial charge is 0.343 e. The van der Waals surface area contributed by atoms with Crippen LogP contribution in [0.2, 0.25) is 0 Å². The Hall–Kier alpha value is -3.97. The lowest BCUT2D eigenvalue weighted by molar-refractivity contribution is 0.0729. The third-order valence-electron chi connectivity index (χ3n) is 4.35. The van der Waals surface area contributed by atoms with Gasteiger partial charge in [0, 0.05) is 10.9 Å². The highest BCUT2D eigenvalue weighted by Crippen LogP contribution is 2.29. The number of hydrogen-bond donors (Lipinski definition) is 1. The zero-order chi connectivity index (χ0) is 21.5. The highest BCUT2D eigenvalue weighted by molar-refractivity contribution is 7.14. The maximum atomic E-state index is 12.3. The molecule has 154 valence electrons. The molecule has 0 aliphatic carbocycles. The Morgan fingerprint density at radius 2 is 1.74 bits per heavy atom. The van der Waals surface area contributed by atoms with Gasteiger partial charge in [-0.3, -0.25) is 5.43 Å². The molecular formula is C24H19N3O3S. The second kappa shape index (κ2) is 9.69. The molecular weight excluding hydrogens is 410 g/mol. The molecule has 3 aromatic carbocycles. The maximum Gasteiger partial charge on any atom is 0.343 e. The van der Waals surface area contributed by atoms with E-state index in [1.54, 1.807) is 48.7 Å². The van der Waals surface area contributed by atoms with Gasteiger partial charge in [-0.15, -0.1) is 11.3 Å². The monoisotopic (exact) mass is 429 g/mol. The number of carbonyl (C=O) groups excluding carboxylic acids is 1. The van der Waals surface area contributed by atoms with Gasteiger partial charge in [0.2, 0.25) is 5.13 Å². The molecule has 0 bridgehead atoms. The quantitative estimate of drug-likeness (QED) is 0.182. The Morgan fingerprint density at radius 1 is 1.00 bits per heavy atom. The number of hydrogen-bond acceptors (Lipinski definition) is 7. The summed E-state index contributed by atoms with van der Waals surface area (Å²) in [6.07, 6.45) is 1.65. The van der Waals surface area contributed by atoms with Crippen LogP contribution >= 0.6 is 11.3 Å². The molecule has 7 heteroatoms. The van der Waals surface area contributed by atoms with E-state index in [1.165, 1.54) is 18.4 Å². The first-order chi connectivity index (χ1) is 15.2. The molecule has 0 aliphatic heterocycles. The Labute approximate surface area is 183 Å². The van der Waals surface area contributed by atoms with Crippen molar-refractivity contribution >= 4 is 28.7 Å². The van der Waals surface area contributed by atoms with Crippen LogP contribution in [0.4, 0.5) is 5.13 Å². The molecule has 0 unspecified atom stereocenters. The molecule has 1 N–H and O–H groups in total. The molecule has 1 heterocycles. The number of aromatic nitrogens is 1. The van der Waals surface area contributed by atoms with Crippen molar-refractivity contribution in [1.29, 1.82) is 0 Å². The van der Waals surface area contributed by atoms with Crippen molar-refractivity contribution in [1.82, 2.24) is 4.98 Å². The molecule has 0 spiro atoms. The highest BCUT2D eigenvalue weighted by atomic mass is 32.1. The van der Waals surface area contributed by atoms with Crippen LogP contribution < -0.4 is 14.9 Å². The molecule has 0 aliphatic rings. The van der Waals surface area contributed by atoms with Crippen LogP contribution in [0.25, 0.3) is 11.3 Å². The number of rotatable bonds is 7. The van der Waals surface area contributed by atoms with E-state index >= 15 is 0 Å². The van der Waals surface area contributed by atoms with Gasteiger partial charge >= 0.3 is 5.97 Å². The average Bonchev–Trinajstić information content (AvgIpc) is 3.30. The maximum absolute atomic E-state index is 12.3. The lowest BCUT2D eigenvalue weighted by Crippen LogP contribution is -2.09. The van der Waals surface area contributed by atoms with E-state index < -0.39 is 5.97 Å². The molecule has 1 aromatic heterocycles.